The first-order valence-electron chi connectivity index (χ1n) is 6.39. The molecule has 0 unspecified atom stereocenters. The molecule has 0 saturated heterocycles. The highest BCUT2D eigenvalue weighted by Crippen LogP contribution is 2.22. The van der Waals surface area contributed by atoms with Gasteiger partial charge in [0.05, 0.1) is 11.1 Å². The summed E-state index contributed by atoms with van der Waals surface area (Å²) in [4.78, 5) is 37.3. The van der Waals surface area contributed by atoms with Crippen LogP contribution in [-0.4, -0.2) is 27.8 Å². The van der Waals surface area contributed by atoms with Crippen molar-refractivity contribution in [2.24, 2.45) is 0 Å². The third-order valence-corrected chi connectivity index (χ3v) is 3.86. The van der Waals surface area contributed by atoms with Crippen LogP contribution in [0.5, 0.6) is 0 Å². The number of fused-ring (bicyclic) bond motifs is 1. The van der Waals surface area contributed by atoms with Gasteiger partial charge in [-0.1, -0.05) is 12.1 Å². The van der Waals surface area contributed by atoms with Crippen molar-refractivity contribution in [2.75, 3.05) is 6.54 Å². The molecule has 0 bridgehead atoms. The van der Waals surface area contributed by atoms with Gasteiger partial charge in [0, 0.05) is 29.8 Å². The quantitative estimate of drug-likeness (QED) is 0.797. The molecule has 5 nitrogen and oxygen atoms in total. The number of carbonyl (C=O) groups excluding carboxylic acids is 2. The molecule has 106 valence electrons. The van der Waals surface area contributed by atoms with Gasteiger partial charge in [0.1, 0.15) is 0 Å². The minimum absolute atomic E-state index is 0.169. The van der Waals surface area contributed by atoms with Crippen molar-refractivity contribution >= 4 is 27.7 Å². The maximum Gasteiger partial charge on any atom is 0.261 e. The standard InChI is InChI=1S/C15H11BrN2O3/c16-10-5-6-13(19)17(9-10)7-8-18-14(20)11-3-1-2-4-12(11)15(18)21/h1-6,9H,7-8H2. The van der Waals surface area contributed by atoms with Crippen LogP contribution in [0.25, 0.3) is 0 Å². The third kappa shape index (κ3) is 2.42. The van der Waals surface area contributed by atoms with Crippen LogP contribution >= 0.6 is 15.9 Å². The predicted molar refractivity (Wildman–Crippen MR) is 80.2 cm³/mol. The molecule has 1 aliphatic heterocycles. The van der Waals surface area contributed by atoms with Crippen molar-refractivity contribution in [3.8, 4) is 0 Å². The first-order valence-corrected chi connectivity index (χ1v) is 7.18. The van der Waals surface area contributed by atoms with E-state index in [2.05, 4.69) is 15.9 Å². The van der Waals surface area contributed by atoms with Gasteiger partial charge in [-0.05, 0) is 34.1 Å². The Kier molecular flexibility index (Phi) is 3.47. The smallest absolute Gasteiger partial charge is 0.261 e. The summed E-state index contributed by atoms with van der Waals surface area (Å²) in [7, 11) is 0. The second-order valence-electron chi connectivity index (χ2n) is 4.69. The van der Waals surface area contributed by atoms with Gasteiger partial charge in [-0.3, -0.25) is 19.3 Å². The van der Waals surface area contributed by atoms with E-state index in [4.69, 9.17) is 0 Å². The second kappa shape index (κ2) is 5.29. The molecule has 21 heavy (non-hydrogen) atoms. The molecule has 2 amide bonds. The topological polar surface area (TPSA) is 59.4 Å². The third-order valence-electron chi connectivity index (χ3n) is 3.39. The van der Waals surface area contributed by atoms with Gasteiger partial charge >= 0.3 is 0 Å². The fourth-order valence-corrected chi connectivity index (χ4v) is 2.71. The molecular weight excluding hydrogens is 336 g/mol. The molecule has 0 saturated carbocycles. The van der Waals surface area contributed by atoms with E-state index in [-0.39, 0.29) is 30.5 Å². The second-order valence-corrected chi connectivity index (χ2v) is 5.60. The van der Waals surface area contributed by atoms with Crippen LogP contribution in [0, 0.1) is 0 Å². The van der Waals surface area contributed by atoms with Gasteiger partial charge < -0.3 is 4.57 Å². The normalized spacial score (nSPS) is 13.7. The lowest BCUT2D eigenvalue weighted by Crippen LogP contribution is -2.34. The van der Waals surface area contributed by atoms with Gasteiger partial charge in [-0.25, -0.2) is 0 Å². The van der Waals surface area contributed by atoms with E-state index in [1.807, 2.05) is 0 Å². The zero-order valence-electron chi connectivity index (χ0n) is 11.0. The van der Waals surface area contributed by atoms with E-state index in [0.29, 0.717) is 11.1 Å². The maximum atomic E-state index is 12.2. The number of hydrogen-bond donors (Lipinski definition) is 0. The minimum atomic E-state index is -0.307. The summed E-state index contributed by atoms with van der Waals surface area (Å²) in [5.74, 6) is -0.614. The van der Waals surface area contributed by atoms with Crippen molar-refractivity contribution < 1.29 is 9.59 Å². The molecule has 0 spiro atoms. The summed E-state index contributed by atoms with van der Waals surface area (Å²) in [5.41, 5.74) is 0.669. The molecule has 0 N–H and O–H groups in total. The molecule has 0 atom stereocenters. The average molecular weight is 347 g/mol. The number of rotatable bonds is 3. The van der Waals surface area contributed by atoms with Crippen molar-refractivity contribution in [1.29, 1.82) is 0 Å². The zero-order chi connectivity index (χ0) is 15.0. The van der Waals surface area contributed by atoms with Crippen LogP contribution in [-0.2, 0) is 6.54 Å². The molecule has 1 aromatic carbocycles. The number of halogens is 1. The summed E-state index contributed by atoms with van der Waals surface area (Å²) in [5, 5.41) is 0. The molecule has 1 aromatic heterocycles. The van der Waals surface area contributed by atoms with Crippen LogP contribution in [0.3, 0.4) is 0 Å². The highest BCUT2D eigenvalue weighted by Gasteiger charge is 2.34. The lowest BCUT2D eigenvalue weighted by Gasteiger charge is -2.14. The highest BCUT2D eigenvalue weighted by atomic mass is 79.9. The molecule has 2 heterocycles. The van der Waals surface area contributed by atoms with E-state index in [1.54, 1.807) is 36.5 Å². The molecule has 3 rings (SSSR count). The van der Waals surface area contributed by atoms with Gasteiger partial charge in [0.15, 0.2) is 0 Å². The monoisotopic (exact) mass is 346 g/mol. The fraction of sp³-hybridized carbons (Fsp3) is 0.133. The lowest BCUT2D eigenvalue weighted by atomic mass is 10.1. The summed E-state index contributed by atoms with van der Waals surface area (Å²) in [6.45, 7) is 0.437. The number of aromatic nitrogens is 1. The van der Waals surface area contributed by atoms with E-state index < -0.39 is 0 Å². The Morgan fingerprint density at radius 3 is 2.10 bits per heavy atom. The molecule has 2 aromatic rings. The zero-order valence-corrected chi connectivity index (χ0v) is 12.5. The van der Waals surface area contributed by atoms with E-state index in [1.165, 1.54) is 15.5 Å². The summed E-state index contributed by atoms with van der Waals surface area (Å²) in [6.07, 6.45) is 1.64. The minimum Gasteiger partial charge on any atom is -0.313 e. The molecule has 1 aliphatic rings. The Bertz CT molecular complexity index is 763. The average Bonchev–Trinajstić information content (AvgIpc) is 2.73. The van der Waals surface area contributed by atoms with Gasteiger partial charge in [-0.15, -0.1) is 0 Å². The Balaban J connectivity index is 1.81. The number of imide groups is 1. The van der Waals surface area contributed by atoms with Crippen LogP contribution in [0.1, 0.15) is 20.7 Å². The van der Waals surface area contributed by atoms with Crippen molar-refractivity contribution in [3.05, 3.63) is 68.5 Å². The van der Waals surface area contributed by atoms with Crippen molar-refractivity contribution in [2.45, 2.75) is 6.54 Å². The number of benzene rings is 1. The van der Waals surface area contributed by atoms with Gasteiger partial charge in [0.25, 0.3) is 17.4 Å². The van der Waals surface area contributed by atoms with Crippen molar-refractivity contribution in [1.82, 2.24) is 9.47 Å². The van der Waals surface area contributed by atoms with Crippen LogP contribution in [0.4, 0.5) is 0 Å². The highest BCUT2D eigenvalue weighted by molar-refractivity contribution is 9.10. The van der Waals surface area contributed by atoms with E-state index in [9.17, 15) is 14.4 Å². The van der Waals surface area contributed by atoms with Gasteiger partial charge in [-0.2, -0.15) is 0 Å². The predicted octanol–water partition coefficient (Wildman–Crippen LogP) is 1.91. The fourth-order valence-electron chi connectivity index (χ4n) is 2.33. The largest absolute Gasteiger partial charge is 0.313 e. The van der Waals surface area contributed by atoms with Crippen LogP contribution in [0.2, 0.25) is 0 Å². The summed E-state index contributed by atoms with van der Waals surface area (Å²) in [6, 6.07) is 9.83. The molecule has 6 heteroatoms. The maximum absolute atomic E-state index is 12.2. The molecule has 0 radical (unpaired) electrons. The Morgan fingerprint density at radius 1 is 0.857 bits per heavy atom. The number of hydrogen-bond acceptors (Lipinski definition) is 3. The Hall–Kier alpha value is -2.21. The Morgan fingerprint density at radius 2 is 1.48 bits per heavy atom. The van der Waals surface area contributed by atoms with E-state index >= 15 is 0 Å². The number of pyridine rings is 1. The summed E-state index contributed by atoms with van der Waals surface area (Å²) >= 11 is 3.29. The number of amides is 2. The molecule has 0 aliphatic carbocycles. The molecular formula is C15H11BrN2O3. The SMILES string of the molecule is O=C1c2ccccc2C(=O)N1CCn1cc(Br)ccc1=O. The first kappa shape index (κ1) is 13.8. The molecule has 0 fully saturated rings. The number of nitrogens with zero attached hydrogens (tertiary/aromatic N) is 2. The Labute approximate surface area is 128 Å². The van der Waals surface area contributed by atoms with E-state index in [0.717, 1.165) is 4.47 Å². The lowest BCUT2D eigenvalue weighted by molar-refractivity contribution is 0.0648. The first-order chi connectivity index (χ1) is 10.1. The van der Waals surface area contributed by atoms with Crippen LogP contribution in [0.15, 0.2) is 51.9 Å². The van der Waals surface area contributed by atoms with Crippen LogP contribution < -0.4 is 5.56 Å². The van der Waals surface area contributed by atoms with Gasteiger partial charge in [0.2, 0.25) is 0 Å². The van der Waals surface area contributed by atoms with Crippen molar-refractivity contribution in [3.63, 3.8) is 0 Å². The summed E-state index contributed by atoms with van der Waals surface area (Å²) < 4.78 is 2.23. The number of carbonyl (C=O) groups is 2.